The fourth-order valence-corrected chi connectivity index (χ4v) is 2.36. The van der Waals surface area contributed by atoms with Crippen LogP contribution in [0.25, 0.3) is 11.3 Å². The highest BCUT2D eigenvalue weighted by Crippen LogP contribution is 2.28. The summed E-state index contributed by atoms with van der Waals surface area (Å²) in [6.07, 6.45) is -0.805. The number of rotatable bonds is 4. The van der Waals surface area contributed by atoms with Gasteiger partial charge in [-0.05, 0) is 12.1 Å². The quantitative estimate of drug-likeness (QED) is 0.461. The molecule has 0 fully saturated rings. The van der Waals surface area contributed by atoms with Crippen molar-refractivity contribution < 1.29 is 14.5 Å². The van der Waals surface area contributed by atoms with E-state index in [4.69, 9.17) is 39.5 Å². The van der Waals surface area contributed by atoms with Gasteiger partial charge in [-0.1, -0.05) is 34.8 Å². The number of carbonyl (C=O) groups is 1. The molecule has 0 aliphatic rings. The van der Waals surface area contributed by atoms with Crippen LogP contribution < -0.4 is 5.32 Å². The fourth-order valence-electron chi connectivity index (χ4n) is 1.49. The number of aromatic nitrogens is 1. The number of ether oxygens (including phenoxy) is 1. The number of non-ortho nitro benzene ring substituents is 1. The normalized spacial score (nSPS) is 11.1. The van der Waals surface area contributed by atoms with Crippen LogP contribution in [0.1, 0.15) is 0 Å². The average Bonchev–Trinajstić information content (AvgIpc) is 2.93. The minimum absolute atomic E-state index is 0.0161. The molecule has 122 valence electrons. The van der Waals surface area contributed by atoms with Crippen molar-refractivity contribution in [3.05, 3.63) is 39.8 Å². The Kier molecular flexibility index (Phi) is 5.64. The Balaban J connectivity index is 2.00. The molecule has 0 aliphatic heterocycles. The number of carbonyl (C=O) groups excluding carboxylic acids is 1. The van der Waals surface area contributed by atoms with E-state index in [0.717, 1.165) is 11.3 Å². The maximum absolute atomic E-state index is 11.5. The zero-order valence-electron chi connectivity index (χ0n) is 11.2. The summed E-state index contributed by atoms with van der Waals surface area (Å²) in [4.78, 5) is 25.8. The van der Waals surface area contributed by atoms with E-state index in [2.05, 4.69) is 10.3 Å². The number of nitrogens with one attached hydrogen (secondary N) is 1. The number of amides is 1. The predicted molar refractivity (Wildman–Crippen MR) is 89.5 cm³/mol. The van der Waals surface area contributed by atoms with E-state index in [0.29, 0.717) is 11.3 Å². The highest BCUT2D eigenvalue weighted by atomic mass is 35.6. The Morgan fingerprint density at radius 1 is 1.35 bits per heavy atom. The van der Waals surface area contributed by atoms with Crippen molar-refractivity contribution in [1.82, 2.24) is 4.98 Å². The molecule has 1 N–H and O–H groups in total. The van der Waals surface area contributed by atoms with Crippen LogP contribution in [-0.4, -0.2) is 26.4 Å². The van der Waals surface area contributed by atoms with Crippen molar-refractivity contribution >= 4 is 63.1 Å². The molecule has 0 unspecified atom stereocenters. The van der Waals surface area contributed by atoms with Crippen LogP contribution in [0.4, 0.5) is 15.6 Å². The van der Waals surface area contributed by atoms with Gasteiger partial charge in [0.2, 0.25) is 3.79 Å². The molecule has 0 bridgehead atoms. The molecule has 2 aromatic rings. The summed E-state index contributed by atoms with van der Waals surface area (Å²) in [5.41, 5.74) is 1.22. The number of nitro benzene ring substituents is 1. The van der Waals surface area contributed by atoms with Crippen molar-refractivity contribution in [3.8, 4) is 11.3 Å². The standard InChI is InChI=1S/C12H8Cl3N3O4S/c13-12(14,15)6-22-11(19)17-10-16-9(5-23-10)7-1-3-8(4-2-7)18(20)21/h1-5H,6H2,(H,16,17,19). The van der Waals surface area contributed by atoms with Crippen LogP contribution in [0, 0.1) is 10.1 Å². The van der Waals surface area contributed by atoms with Gasteiger partial charge < -0.3 is 4.74 Å². The molecule has 11 heteroatoms. The number of thiazole rings is 1. The summed E-state index contributed by atoms with van der Waals surface area (Å²) in [5, 5.41) is 15.0. The van der Waals surface area contributed by atoms with Crippen molar-refractivity contribution in [2.75, 3.05) is 11.9 Å². The van der Waals surface area contributed by atoms with E-state index in [9.17, 15) is 14.9 Å². The van der Waals surface area contributed by atoms with Crippen molar-refractivity contribution in [2.24, 2.45) is 0 Å². The van der Waals surface area contributed by atoms with Crippen LogP contribution in [0.2, 0.25) is 0 Å². The molecule has 0 aliphatic carbocycles. The van der Waals surface area contributed by atoms with Gasteiger partial charge >= 0.3 is 6.09 Å². The van der Waals surface area contributed by atoms with Gasteiger partial charge in [0, 0.05) is 23.1 Å². The number of nitro groups is 1. The lowest BCUT2D eigenvalue weighted by molar-refractivity contribution is -0.384. The molecular formula is C12H8Cl3N3O4S. The second-order valence-electron chi connectivity index (χ2n) is 4.16. The maximum atomic E-state index is 11.5. The summed E-state index contributed by atoms with van der Waals surface area (Å²) < 4.78 is 3.02. The number of alkyl halides is 3. The maximum Gasteiger partial charge on any atom is 0.413 e. The van der Waals surface area contributed by atoms with Crippen LogP contribution in [0.3, 0.4) is 0 Å². The van der Waals surface area contributed by atoms with Crippen molar-refractivity contribution in [1.29, 1.82) is 0 Å². The van der Waals surface area contributed by atoms with E-state index in [1.165, 1.54) is 12.1 Å². The number of hydrogen-bond donors (Lipinski definition) is 1. The first-order chi connectivity index (χ1) is 10.7. The number of anilines is 1. The zero-order valence-corrected chi connectivity index (χ0v) is 14.2. The Bertz CT molecular complexity index is 715. The van der Waals surface area contributed by atoms with E-state index in [1.807, 2.05) is 0 Å². The minimum atomic E-state index is -1.69. The molecule has 1 heterocycles. The van der Waals surface area contributed by atoms with Gasteiger partial charge in [0.1, 0.15) is 6.61 Å². The highest BCUT2D eigenvalue weighted by molar-refractivity contribution is 7.14. The third-order valence-electron chi connectivity index (χ3n) is 2.45. The van der Waals surface area contributed by atoms with Crippen molar-refractivity contribution in [2.45, 2.75) is 3.79 Å². The largest absolute Gasteiger partial charge is 0.445 e. The van der Waals surface area contributed by atoms with E-state index in [-0.39, 0.29) is 10.8 Å². The van der Waals surface area contributed by atoms with Gasteiger partial charge in [0.15, 0.2) is 5.13 Å². The predicted octanol–water partition coefficient (Wildman–Crippen LogP) is 4.64. The molecule has 23 heavy (non-hydrogen) atoms. The second-order valence-corrected chi connectivity index (χ2v) is 7.53. The number of benzene rings is 1. The SMILES string of the molecule is O=C(Nc1nc(-c2ccc([N+](=O)[O-])cc2)cs1)OCC(Cl)(Cl)Cl. The van der Waals surface area contributed by atoms with Gasteiger partial charge in [0.05, 0.1) is 10.6 Å². The summed E-state index contributed by atoms with van der Waals surface area (Å²) >= 11 is 17.6. The molecule has 7 nitrogen and oxygen atoms in total. The smallest absolute Gasteiger partial charge is 0.413 e. The van der Waals surface area contributed by atoms with Gasteiger partial charge in [-0.2, -0.15) is 0 Å². The molecule has 1 aromatic heterocycles. The van der Waals surface area contributed by atoms with Gasteiger partial charge in [0.25, 0.3) is 5.69 Å². The lowest BCUT2D eigenvalue weighted by Gasteiger charge is -2.10. The first-order valence-electron chi connectivity index (χ1n) is 5.95. The molecule has 0 saturated carbocycles. The van der Waals surface area contributed by atoms with Crippen LogP contribution in [-0.2, 0) is 4.74 Å². The lowest BCUT2D eigenvalue weighted by atomic mass is 10.1. The van der Waals surface area contributed by atoms with Crippen LogP contribution in [0.15, 0.2) is 29.6 Å². The monoisotopic (exact) mass is 395 g/mol. The Morgan fingerprint density at radius 2 is 2.00 bits per heavy atom. The first-order valence-corrected chi connectivity index (χ1v) is 7.97. The molecule has 0 atom stereocenters. The minimum Gasteiger partial charge on any atom is -0.445 e. The molecule has 1 aromatic carbocycles. The molecule has 0 radical (unpaired) electrons. The fraction of sp³-hybridized carbons (Fsp3) is 0.167. The van der Waals surface area contributed by atoms with E-state index >= 15 is 0 Å². The van der Waals surface area contributed by atoms with Gasteiger partial charge in [-0.3, -0.25) is 15.4 Å². The van der Waals surface area contributed by atoms with Gasteiger partial charge in [-0.25, -0.2) is 9.78 Å². The van der Waals surface area contributed by atoms with Gasteiger partial charge in [-0.15, -0.1) is 11.3 Å². The first kappa shape index (κ1) is 17.7. The average molecular weight is 397 g/mol. The topological polar surface area (TPSA) is 94.4 Å². The van der Waals surface area contributed by atoms with Crippen molar-refractivity contribution in [3.63, 3.8) is 0 Å². The lowest BCUT2D eigenvalue weighted by Crippen LogP contribution is -2.21. The third kappa shape index (κ3) is 5.51. The highest BCUT2D eigenvalue weighted by Gasteiger charge is 2.22. The van der Waals surface area contributed by atoms with E-state index < -0.39 is 21.4 Å². The second kappa shape index (κ2) is 7.31. The molecule has 0 spiro atoms. The summed E-state index contributed by atoms with van der Waals surface area (Å²) in [6, 6.07) is 5.88. The zero-order chi connectivity index (χ0) is 17.0. The molecular weight excluding hydrogens is 389 g/mol. The number of nitrogens with zero attached hydrogens (tertiary/aromatic N) is 2. The molecule has 0 saturated heterocycles. The Morgan fingerprint density at radius 3 is 2.57 bits per heavy atom. The van der Waals surface area contributed by atoms with E-state index in [1.54, 1.807) is 17.5 Å². The summed E-state index contributed by atoms with van der Waals surface area (Å²) in [7, 11) is 0. The Hall–Kier alpha value is -1.61. The molecule has 1 amide bonds. The Labute approximate surface area is 149 Å². The number of halogens is 3. The molecule has 2 rings (SSSR count). The number of hydrogen-bond acceptors (Lipinski definition) is 6. The van der Waals surface area contributed by atoms with Crippen LogP contribution >= 0.6 is 46.1 Å². The summed E-state index contributed by atoms with van der Waals surface area (Å²) in [5.74, 6) is 0. The summed E-state index contributed by atoms with van der Waals surface area (Å²) in [6.45, 7) is -0.399. The van der Waals surface area contributed by atoms with Crippen LogP contribution in [0.5, 0.6) is 0 Å². The third-order valence-corrected chi connectivity index (χ3v) is 3.54.